The molecule has 1 rings (SSSR count). The Balaban J connectivity index is 2.60. The average molecular weight is 280 g/mol. The van der Waals surface area contributed by atoms with E-state index in [4.69, 9.17) is 14.2 Å². The Morgan fingerprint density at radius 1 is 1.32 bits per heavy atom. The number of hydrogen-bond donors (Lipinski definition) is 2. The molecule has 1 saturated heterocycles. The summed E-state index contributed by atoms with van der Waals surface area (Å²) in [6.45, 7) is 4.72. The van der Waals surface area contributed by atoms with Gasteiger partial charge in [0.15, 0.2) is 12.5 Å². The van der Waals surface area contributed by atoms with Gasteiger partial charge in [0.2, 0.25) is 0 Å². The predicted octanol–water partition coefficient (Wildman–Crippen LogP) is 0.00690. The van der Waals surface area contributed by atoms with Gasteiger partial charge in [-0.3, -0.25) is 4.79 Å². The van der Waals surface area contributed by atoms with E-state index in [1.165, 1.54) is 7.11 Å². The molecular weight excluding hydrogens is 259 g/mol. The summed E-state index contributed by atoms with van der Waals surface area (Å²) in [5.74, 6) is -0.487. The van der Waals surface area contributed by atoms with Gasteiger partial charge >= 0.3 is 5.97 Å². The van der Waals surface area contributed by atoms with Crippen molar-refractivity contribution in [3.05, 3.63) is 0 Å². The summed E-state index contributed by atoms with van der Waals surface area (Å²) in [7, 11) is 1.25. The summed E-state index contributed by atoms with van der Waals surface area (Å²) in [5, 5.41) is 19.1. The fourth-order valence-electron chi connectivity index (χ4n) is 1.60. The molecule has 1 fully saturated rings. The predicted molar refractivity (Wildman–Crippen MR) is 63.0 cm³/mol. The Morgan fingerprint density at radius 2 is 1.89 bits per heavy atom. The molecule has 0 saturated carbocycles. The van der Waals surface area contributed by atoms with Crippen LogP contribution in [0.1, 0.15) is 20.8 Å². The number of carbonyl (C=O) groups is 1. The minimum Gasteiger partial charge on any atom is -0.462 e. The molecule has 0 spiro atoms. The molecule has 1 heterocycles. The number of alkyl halides is 1. The fourth-order valence-corrected chi connectivity index (χ4v) is 1.60. The van der Waals surface area contributed by atoms with E-state index >= 15 is 0 Å². The van der Waals surface area contributed by atoms with Crippen LogP contribution in [0.4, 0.5) is 4.39 Å². The first-order valence-electron chi connectivity index (χ1n) is 6.04. The van der Waals surface area contributed by atoms with Gasteiger partial charge in [-0.1, -0.05) is 0 Å². The van der Waals surface area contributed by atoms with E-state index in [2.05, 4.69) is 0 Å². The molecule has 0 radical (unpaired) electrons. The summed E-state index contributed by atoms with van der Waals surface area (Å²) in [4.78, 5) is 11.6. The number of esters is 1. The van der Waals surface area contributed by atoms with E-state index in [1.54, 1.807) is 20.8 Å². The van der Waals surface area contributed by atoms with Gasteiger partial charge in [-0.05, 0) is 20.8 Å². The molecule has 7 heteroatoms. The number of aliphatic hydroxyl groups is 2. The number of carbonyl (C=O) groups excluding carboxylic acids is 1. The normalized spacial score (nSPS) is 36.1. The Bertz CT molecular complexity index is 314. The van der Waals surface area contributed by atoms with Crippen LogP contribution in [0.3, 0.4) is 0 Å². The second-order valence-electron chi connectivity index (χ2n) is 5.55. The minimum atomic E-state index is -1.92. The topological polar surface area (TPSA) is 85.2 Å². The maximum Gasteiger partial charge on any atom is 0.311 e. The van der Waals surface area contributed by atoms with Crippen LogP contribution >= 0.6 is 0 Å². The molecule has 5 atom stereocenters. The second kappa shape index (κ2) is 6.13. The number of ether oxygens (including phenoxy) is 3. The molecule has 1 aliphatic heterocycles. The maximum atomic E-state index is 13.6. The van der Waals surface area contributed by atoms with Gasteiger partial charge in [-0.25, -0.2) is 4.39 Å². The second-order valence-corrected chi connectivity index (χ2v) is 5.55. The van der Waals surface area contributed by atoms with Crippen LogP contribution < -0.4 is 0 Å². The molecule has 0 aromatic heterocycles. The zero-order valence-electron chi connectivity index (χ0n) is 11.5. The van der Waals surface area contributed by atoms with Crippen LogP contribution in [-0.2, 0) is 19.0 Å². The van der Waals surface area contributed by atoms with Gasteiger partial charge in [0, 0.05) is 7.11 Å². The highest BCUT2D eigenvalue weighted by atomic mass is 19.1. The SMILES string of the molecule is CO[C@@H]1O[C@H](COC(=O)C(C)(C)C)[C@@H](O)[C@@H](F)[C@H]1O. The summed E-state index contributed by atoms with van der Waals surface area (Å²) in [6, 6.07) is 0. The zero-order chi connectivity index (χ0) is 14.8. The Morgan fingerprint density at radius 3 is 2.37 bits per heavy atom. The highest BCUT2D eigenvalue weighted by Crippen LogP contribution is 2.25. The molecule has 0 aromatic carbocycles. The standard InChI is InChI=1S/C12H21FO6/c1-12(2,3)11(16)18-5-6-8(14)7(13)9(15)10(17-4)19-6/h6-10,14-15H,5H2,1-4H3/t6-,7-,8-,9-,10-/m1/s1. The lowest BCUT2D eigenvalue weighted by Gasteiger charge is -2.38. The van der Waals surface area contributed by atoms with Gasteiger partial charge in [0.05, 0.1) is 5.41 Å². The summed E-state index contributed by atoms with van der Waals surface area (Å²) < 4.78 is 28.5. The molecule has 112 valence electrons. The summed E-state index contributed by atoms with van der Waals surface area (Å²) in [5.41, 5.74) is -0.699. The van der Waals surface area contributed by atoms with Crippen molar-refractivity contribution in [3.8, 4) is 0 Å². The van der Waals surface area contributed by atoms with Crippen LogP contribution in [0.15, 0.2) is 0 Å². The zero-order valence-corrected chi connectivity index (χ0v) is 11.5. The van der Waals surface area contributed by atoms with E-state index in [-0.39, 0.29) is 6.61 Å². The van der Waals surface area contributed by atoms with E-state index < -0.39 is 42.2 Å². The van der Waals surface area contributed by atoms with Gasteiger partial charge in [-0.2, -0.15) is 0 Å². The van der Waals surface area contributed by atoms with Crippen molar-refractivity contribution in [3.63, 3.8) is 0 Å². The molecule has 0 unspecified atom stereocenters. The number of hydrogen-bond acceptors (Lipinski definition) is 6. The van der Waals surface area contributed by atoms with Crippen LogP contribution in [0.5, 0.6) is 0 Å². The van der Waals surface area contributed by atoms with E-state index in [0.29, 0.717) is 0 Å². The van der Waals surface area contributed by atoms with Crippen LogP contribution in [0, 0.1) is 5.41 Å². The first-order valence-corrected chi connectivity index (χ1v) is 6.04. The number of aliphatic hydroxyl groups excluding tert-OH is 2. The van der Waals surface area contributed by atoms with Crippen molar-refractivity contribution in [2.75, 3.05) is 13.7 Å². The lowest BCUT2D eigenvalue weighted by atomic mass is 9.97. The first-order chi connectivity index (χ1) is 8.68. The highest BCUT2D eigenvalue weighted by molar-refractivity contribution is 5.75. The van der Waals surface area contributed by atoms with Crippen molar-refractivity contribution >= 4 is 5.97 Å². The third kappa shape index (κ3) is 3.85. The van der Waals surface area contributed by atoms with Gasteiger partial charge in [0.1, 0.15) is 24.9 Å². The first kappa shape index (κ1) is 16.3. The molecule has 0 amide bonds. The number of rotatable bonds is 3. The smallest absolute Gasteiger partial charge is 0.311 e. The molecule has 0 aliphatic carbocycles. The Labute approximate surface area is 111 Å². The fraction of sp³-hybridized carbons (Fsp3) is 0.917. The number of methoxy groups -OCH3 is 1. The monoisotopic (exact) mass is 280 g/mol. The summed E-state index contributed by atoms with van der Waals surface area (Å²) >= 11 is 0. The quantitative estimate of drug-likeness (QED) is 0.708. The van der Waals surface area contributed by atoms with E-state index in [0.717, 1.165) is 0 Å². The van der Waals surface area contributed by atoms with Crippen molar-refractivity contribution in [2.24, 2.45) is 5.41 Å². The van der Waals surface area contributed by atoms with E-state index in [9.17, 15) is 19.4 Å². The van der Waals surface area contributed by atoms with Gasteiger partial charge in [-0.15, -0.1) is 0 Å². The summed E-state index contributed by atoms with van der Waals surface area (Å²) in [6.07, 6.45) is -7.34. The largest absolute Gasteiger partial charge is 0.462 e. The molecule has 2 N–H and O–H groups in total. The number of halogens is 1. The maximum absolute atomic E-state index is 13.6. The average Bonchev–Trinajstić information content (AvgIpc) is 2.33. The Hall–Kier alpha value is -0.760. The van der Waals surface area contributed by atoms with Crippen molar-refractivity contribution in [2.45, 2.75) is 51.5 Å². The highest BCUT2D eigenvalue weighted by Gasteiger charge is 2.45. The van der Waals surface area contributed by atoms with E-state index in [1.807, 2.05) is 0 Å². The third-order valence-corrected chi connectivity index (χ3v) is 2.84. The molecule has 19 heavy (non-hydrogen) atoms. The molecule has 6 nitrogen and oxygen atoms in total. The molecule has 1 aliphatic rings. The Kier molecular flexibility index (Phi) is 5.26. The third-order valence-electron chi connectivity index (χ3n) is 2.84. The van der Waals surface area contributed by atoms with Crippen molar-refractivity contribution < 1.29 is 33.6 Å². The minimum absolute atomic E-state index is 0.301. The van der Waals surface area contributed by atoms with Crippen LogP contribution in [-0.4, -0.2) is 60.7 Å². The van der Waals surface area contributed by atoms with Crippen molar-refractivity contribution in [1.29, 1.82) is 0 Å². The van der Waals surface area contributed by atoms with Crippen molar-refractivity contribution in [1.82, 2.24) is 0 Å². The van der Waals surface area contributed by atoms with Crippen LogP contribution in [0.25, 0.3) is 0 Å². The molecule has 0 aromatic rings. The van der Waals surface area contributed by atoms with Gasteiger partial charge < -0.3 is 24.4 Å². The van der Waals surface area contributed by atoms with Gasteiger partial charge in [0.25, 0.3) is 0 Å². The molecule has 0 bridgehead atoms. The van der Waals surface area contributed by atoms with Crippen LogP contribution in [0.2, 0.25) is 0 Å². The lowest BCUT2D eigenvalue weighted by Crippen LogP contribution is -2.57. The molecular formula is C12H21FO6. The lowest BCUT2D eigenvalue weighted by molar-refractivity contribution is -0.284.